The fourth-order valence-corrected chi connectivity index (χ4v) is 3.05. The van der Waals surface area contributed by atoms with Gasteiger partial charge in [-0.05, 0) is 19.9 Å². The molecule has 0 spiro atoms. The van der Waals surface area contributed by atoms with Crippen molar-refractivity contribution in [3.63, 3.8) is 0 Å². The number of ether oxygens (including phenoxy) is 1. The predicted molar refractivity (Wildman–Crippen MR) is 84.1 cm³/mol. The van der Waals surface area contributed by atoms with Gasteiger partial charge in [0.2, 0.25) is 11.7 Å². The Kier molecular flexibility index (Phi) is 3.01. The van der Waals surface area contributed by atoms with Gasteiger partial charge in [-0.3, -0.25) is 4.68 Å². The molecule has 1 unspecified atom stereocenters. The number of benzene rings is 1. The normalized spacial score (nSPS) is 19.2. The Morgan fingerprint density at radius 2 is 2.09 bits per heavy atom. The van der Waals surface area contributed by atoms with Crippen molar-refractivity contribution in [2.45, 2.75) is 31.8 Å². The van der Waals surface area contributed by atoms with E-state index in [0.717, 1.165) is 23.3 Å². The highest BCUT2D eigenvalue weighted by Gasteiger charge is 2.37. The first-order valence-electron chi connectivity index (χ1n) is 7.62. The van der Waals surface area contributed by atoms with Crippen LogP contribution in [0.5, 0.6) is 5.75 Å². The van der Waals surface area contributed by atoms with Crippen molar-refractivity contribution in [1.82, 2.24) is 19.9 Å². The van der Waals surface area contributed by atoms with E-state index in [2.05, 4.69) is 35.2 Å². The van der Waals surface area contributed by atoms with Crippen molar-refractivity contribution in [1.29, 1.82) is 0 Å². The molecule has 0 saturated heterocycles. The van der Waals surface area contributed by atoms with Crippen LogP contribution in [-0.2, 0) is 7.05 Å². The Balaban J connectivity index is 1.74. The fraction of sp³-hybridized carbons (Fsp3) is 0.353. The molecule has 3 aromatic rings. The molecule has 2 aromatic heterocycles. The van der Waals surface area contributed by atoms with E-state index in [4.69, 9.17) is 9.26 Å². The smallest absolute Gasteiger partial charge is 0.234 e. The molecule has 0 saturated carbocycles. The van der Waals surface area contributed by atoms with Crippen LogP contribution in [0.2, 0.25) is 0 Å². The molecule has 6 heteroatoms. The van der Waals surface area contributed by atoms with Crippen molar-refractivity contribution < 1.29 is 9.26 Å². The van der Waals surface area contributed by atoms with Gasteiger partial charge in [0.05, 0.1) is 17.7 Å². The molecule has 0 N–H and O–H groups in total. The van der Waals surface area contributed by atoms with Crippen LogP contribution in [0.25, 0.3) is 11.4 Å². The van der Waals surface area contributed by atoms with Crippen molar-refractivity contribution >= 4 is 0 Å². The van der Waals surface area contributed by atoms with Crippen molar-refractivity contribution in [2.24, 2.45) is 7.05 Å². The summed E-state index contributed by atoms with van der Waals surface area (Å²) in [4.78, 5) is 4.60. The van der Waals surface area contributed by atoms with Crippen LogP contribution in [0.1, 0.15) is 37.6 Å². The van der Waals surface area contributed by atoms with E-state index in [1.807, 2.05) is 31.4 Å². The largest absolute Gasteiger partial charge is 0.488 e. The molecule has 0 radical (unpaired) electrons. The lowest BCUT2D eigenvalue weighted by molar-refractivity contribution is 0.0725. The summed E-state index contributed by atoms with van der Waals surface area (Å²) in [6.45, 7) is 4.16. The summed E-state index contributed by atoms with van der Waals surface area (Å²) >= 11 is 0. The Morgan fingerprint density at radius 1 is 1.26 bits per heavy atom. The van der Waals surface area contributed by atoms with Crippen LogP contribution < -0.4 is 4.74 Å². The number of aromatic nitrogens is 4. The summed E-state index contributed by atoms with van der Waals surface area (Å²) in [6.07, 6.45) is 4.39. The predicted octanol–water partition coefficient (Wildman–Crippen LogP) is 3.16. The molecule has 0 bridgehead atoms. The van der Waals surface area contributed by atoms with Crippen LogP contribution in [0.4, 0.5) is 0 Å². The van der Waals surface area contributed by atoms with Gasteiger partial charge >= 0.3 is 0 Å². The quantitative estimate of drug-likeness (QED) is 0.727. The molecular weight excluding hydrogens is 292 g/mol. The van der Waals surface area contributed by atoms with E-state index in [-0.39, 0.29) is 11.5 Å². The summed E-state index contributed by atoms with van der Waals surface area (Å²) < 4.78 is 13.3. The Bertz CT molecular complexity index is 850. The Labute approximate surface area is 134 Å². The minimum Gasteiger partial charge on any atom is -0.488 e. The monoisotopic (exact) mass is 310 g/mol. The number of nitrogens with zero attached hydrogens (tertiary/aromatic N) is 4. The van der Waals surface area contributed by atoms with Crippen molar-refractivity contribution in [3.05, 3.63) is 48.1 Å². The number of rotatable bonds is 2. The van der Waals surface area contributed by atoms with Gasteiger partial charge in [-0.1, -0.05) is 23.4 Å². The molecule has 4 rings (SSSR count). The molecule has 0 aliphatic carbocycles. The molecule has 6 nitrogen and oxygen atoms in total. The average Bonchev–Trinajstić information content (AvgIpc) is 3.14. The summed E-state index contributed by atoms with van der Waals surface area (Å²) in [7, 11) is 1.86. The first-order chi connectivity index (χ1) is 11.0. The highest BCUT2D eigenvalue weighted by Crippen LogP contribution is 2.43. The van der Waals surface area contributed by atoms with Gasteiger partial charge in [-0.2, -0.15) is 10.1 Å². The number of hydrogen-bond donors (Lipinski definition) is 0. The van der Waals surface area contributed by atoms with Crippen LogP contribution in [-0.4, -0.2) is 25.5 Å². The van der Waals surface area contributed by atoms with Gasteiger partial charge in [-0.25, -0.2) is 0 Å². The first-order valence-corrected chi connectivity index (χ1v) is 7.62. The molecule has 1 aliphatic rings. The van der Waals surface area contributed by atoms with Crippen LogP contribution >= 0.6 is 0 Å². The maximum Gasteiger partial charge on any atom is 0.234 e. The summed E-state index contributed by atoms with van der Waals surface area (Å²) in [5, 5.41) is 8.26. The number of para-hydroxylation sites is 1. The average molecular weight is 310 g/mol. The zero-order chi connectivity index (χ0) is 16.0. The third-order valence-electron chi connectivity index (χ3n) is 4.08. The maximum atomic E-state index is 6.06. The van der Waals surface area contributed by atoms with Gasteiger partial charge in [0.1, 0.15) is 11.4 Å². The third-order valence-corrected chi connectivity index (χ3v) is 4.08. The lowest BCUT2D eigenvalue weighted by Crippen LogP contribution is -2.35. The Morgan fingerprint density at radius 3 is 2.87 bits per heavy atom. The van der Waals surface area contributed by atoms with Crippen LogP contribution in [0.15, 0.2) is 41.2 Å². The first kappa shape index (κ1) is 14.0. The van der Waals surface area contributed by atoms with Crippen LogP contribution in [0, 0.1) is 0 Å². The van der Waals surface area contributed by atoms with E-state index >= 15 is 0 Å². The van der Waals surface area contributed by atoms with E-state index in [0.29, 0.717) is 11.7 Å². The second kappa shape index (κ2) is 4.94. The van der Waals surface area contributed by atoms with E-state index < -0.39 is 0 Å². The number of fused-ring (bicyclic) bond motifs is 1. The van der Waals surface area contributed by atoms with Gasteiger partial charge in [0.25, 0.3) is 0 Å². The lowest BCUT2D eigenvalue weighted by Gasteiger charge is -2.36. The second-order valence-electron chi connectivity index (χ2n) is 6.52. The zero-order valence-corrected chi connectivity index (χ0v) is 13.4. The maximum absolute atomic E-state index is 6.06. The minimum absolute atomic E-state index is 0.0351. The second-order valence-corrected chi connectivity index (χ2v) is 6.52. The molecule has 3 heterocycles. The highest BCUT2D eigenvalue weighted by molar-refractivity contribution is 5.51. The van der Waals surface area contributed by atoms with Gasteiger partial charge in [0.15, 0.2) is 0 Å². The minimum atomic E-state index is -0.276. The van der Waals surface area contributed by atoms with Gasteiger partial charge in [-0.15, -0.1) is 0 Å². The highest BCUT2D eigenvalue weighted by atomic mass is 16.5. The Hall–Kier alpha value is -2.63. The molecule has 1 aromatic carbocycles. The molecule has 118 valence electrons. The van der Waals surface area contributed by atoms with Crippen molar-refractivity contribution in [2.75, 3.05) is 0 Å². The van der Waals surface area contributed by atoms with E-state index in [1.54, 1.807) is 10.9 Å². The molecular formula is C17H18N4O2. The van der Waals surface area contributed by atoms with Crippen molar-refractivity contribution in [3.8, 4) is 17.1 Å². The number of hydrogen-bond acceptors (Lipinski definition) is 5. The fourth-order valence-electron chi connectivity index (χ4n) is 3.05. The van der Waals surface area contributed by atoms with E-state index in [1.165, 1.54) is 0 Å². The van der Waals surface area contributed by atoms with Gasteiger partial charge in [0, 0.05) is 25.2 Å². The molecule has 1 aliphatic heterocycles. The standard InChI is InChI=1S/C17H18N4O2/c1-17(2)8-13(12-6-4-5-7-14(12)22-17)16-19-15(20-23-16)11-9-18-21(3)10-11/h4-7,9-10,13H,8H2,1-3H3. The molecule has 0 amide bonds. The third kappa shape index (κ3) is 2.50. The topological polar surface area (TPSA) is 66.0 Å². The summed E-state index contributed by atoms with van der Waals surface area (Å²) in [6, 6.07) is 8.03. The summed E-state index contributed by atoms with van der Waals surface area (Å²) in [5.41, 5.74) is 1.66. The summed E-state index contributed by atoms with van der Waals surface area (Å²) in [5.74, 6) is 2.10. The molecule has 23 heavy (non-hydrogen) atoms. The number of aryl methyl sites for hydroxylation is 1. The SMILES string of the molecule is Cn1cc(-c2noc(C3CC(C)(C)Oc4ccccc43)n2)cn1. The van der Waals surface area contributed by atoms with E-state index in [9.17, 15) is 0 Å². The zero-order valence-electron chi connectivity index (χ0n) is 13.4. The van der Waals surface area contributed by atoms with Crippen LogP contribution in [0.3, 0.4) is 0 Å². The molecule has 1 atom stereocenters. The molecule has 0 fully saturated rings. The van der Waals surface area contributed by atoms with Gasteiger partial charge < -0.3 is 9.26 Å². The lowest BCUT2D eigenvalue weighted by atomic mass is 9.84.